The number of rotatable bonds is 3. The average Bonchev–Trinajstić information content (AvgIpc) is 3.30. The maximum Gasteiger partial charge on any atom is 0.331 e. The molecule has 7 rings (SSSR count). The molecule has 6 aliphatic rings. The van der Waals surface area contributed by atoms with Crippen molar-refractivity contribution in [1.29, 1.82) is 0 Å². The zero-order chi connectivity index (χ0) is 29.8. The Hall–Kier alpha value is -1.61. The summed E-state index contributed by atoms with van der Waals surface area (Å²) >= 11 is 0. The van der Waals surface area contributed by atoms with Gasteiger partial charge < -0.3 is 9.47 Å². The molecule has 0 N–H and O–H groups in total. The monoisotopic (exact) mass is 572 g/mol. The van der Waals surface area contributed by atoms with Crippen LogP contribution in [-0.2, 0) is 14.3 Å². The van der Waals surface area contributed by atoms with Gasteiger partial charge in [-0.25, -0.2) is 4.79 Å². The molecule has 5 saturated carbocycles. The summed E-state index contributed by atoms with van der Waals surface area (Å²) in [5.41, 5.74) is 2.82. The van der Waals surface area contributed by atoms with E-state index in [0.717, 1.165) is 36.3 Å². The summed E-state index contributed by atoms with van der Waals surface area (Å²) in [6, 6.07) is 10.0. The van der Waals surface area contributed by atoms with Gasteiger partial charge in [0.1, 0.15) is 6.10 Å². The van der Waals surface area contributed by atoms with E-state index in [-0.39, 0.29) is 17.5 Å². The van der Waals surface area contributed by atoms with Crippen molar-refractivity contribution in [3.63, 3.8) is 0 Å². The lowest BCUT2D eigenvalue weighted by Gasteiger charge is -2.72. The SMILES string of the molecule is CC1(C)CC[C@]23CC[C@H]4[C@]5(C)CC[C@H]6C(C)(C)[C@H](OC(=O)C=Cc7ccccc7)CC[C@]6(C)[C@@H]5CC[C@]4(C)[C@@H]2[C@H]1OC3. The maximum absolute atomic E-state index is 13.0. The summed E-state index contributed by atoms with van der Waals surface area (Å²) in [5.74, 6) is 2.66. The first-order valence-electron chi connectivity index (χ1n) is 17.3. The van der Waals surface area contributed by atoms with Gasteiger partial charge in [-0.2, -0.15) is 0 Å². The summed E-state index contributed by atoms with van der Waals surface area (Å²) in [6.45, 7) is 18.9. The predicted molar refractivity (Wildman–Crippen MR) is 170 cm³/mol. The first kappa shape index (κ1) is 29.1. The molecule has 2 bridgehead atoms. The van der Waals surface area contributed by atoms with E-state index in [1.54, 1.807) is 6.08 Å². The van der Waals surface area contributed by atoms with Crippen molar-refractivity contribution in [2.45, 2.75) is 125 Å². The first-order valence-corrected chi connectivity index (χ1v) is 17.3. The fraction of sp³-hybridized carbons (Fsp3) is 0.769. The highest BCUT2D eigenvalue weighted by Gasteiger charge is 2.72. The molecule has 0 spiro atoms. The molecule has 1 aromatic rings. The van der Waals surface area contributed by atoms with E-state index in [1.165, 1.54) is 57.8 Å². The van der Waals surface area contributed by atoms with Crippen molar-refractivity contribution >= 4 is 12.0 Å². The van der Waals surface area contributed by atoms with Crippen molar-refractivity contribution < 1.29 is 14.3 Å². The second-order valence-corrected chi connectivity index (χ2v) is 17.9. The van der Waals surface area contributed by atoms with Crippen molar-refractivity contribution in [1.82, 2.24) is 0 Å². The van der Waals surface area contributed by atoms with E-state index in [0.29, 0.717) is 39.1 Å². The van der Waals surface area contributed by atoms with E-state index in [9.17, 15) is 4.79 Å². The van der Waals surface area contributed by atoms with Crippen LogP contribution < -0.4 is 0 Å². The summed E-state index contributed by atoms with van der Waals surface area (Å²) in [5, 5.41) is 0. The Morgan fingerprint density at radius 1 is 0.762 bits per heavy atom. The van der Waals surface area contributed by atoms with Crippen LogP contribution in [0.2, 0.25) is 0 Å². The van der Waals surface area contributed by atoms with E-state index in [1.807, 2.05) is 36.4 Å². The Kier molecular flexibility index (Phi) is 6.55. The number of hydrogen-bond donors (Lipinski definition) is 0. The van der Waals surface area contributed by atoms with Crippen molar-refractivity contribution in [3.05, 3.63) is 42.0 Å². The Balaban J connectivity index is 1.12. The highest BCUT2D eigenvalue weighted by Crippen LogP contribution is 2.77. The maximum atomic E-state index is 13.0. The standard InChI is InChI=1S/C39H56O3/c1-34(2)23-24-39-22-17-29-37(6)19-15-27-35(3,4)30(42-31(40)14-13-26-11-9-8-10-12-26)18-21-36(27,5)28(37)16-20-38(29,7)32(39)33(34)41-25-39/h8-14,27-30,32-33H,15-25H2,1-7H3/t27-,28-,29-,30+,32-,33+,36-,37+,38-,39-/m0/s1. The smallest absolute Gasteiger partial charge is 0.331 e. The third-order valence-corrected chi connectivity index (χ3v) is 15.3. The molecule has 3 heteroatoms. The second kappa shape index (κ2) is 9.45. The molecule has 1 aromatic carbocycles. The Morgan fingerprint density at radius 2 is 1.38 bits per heavy atom. The molecule has 6 fully saturated rings. The summed E-state index contributed by atoms with van der Waals surface area (Å²) in [6.07, 6.45) is 16.9. The molecular formula is C39H56O3. The van der Waals surface area contributed by atoms with Gasteiger partial charge in [0.2, 0.25) is 0 Å². The van der Waals surface area contributed by atoms with Crippen LogP contribution in [0.5, 0.6) is 0 Å². The van der Waals surface area contributed by atoms with Crippen LogP contribution in [0.25, 0.3) is 6.08 Å². The summed E-state index contributed by atoms with van der Waals surface area (Å²) < 4.78 is 13.0. The summed E-state index contributed by atoms with van der Waals surface area (Å²) in [4.78, 5) is 13.0. The minimum absolute atomic E-state index is 0.0199. The minimum atomic E-state index is -0.196. The van der Waals surface area contributed by atoms with Crippen molar-refractivity contribution in [2.75, 3.05) is 6.61 Å². The Labute approximate surface area is 255 Å². The van der Waals surface area contributed by atoms with Crippen LogP contribution in [0.3, 0.4) is 0 Å². The van der Waals surface area contributed by atoms with Gasteiger partial charge in [-0.3, -0.25) is 0 Å². The minimum Gasteiger partial charge on any atom is -0.459 e. The molecule has 1 aliphatic heterocycles. The highest BCUT2D eigenvalue weighted by atomic mass is 16.5. The molecule has 10 atom stereocenters. The third-order valence-electron chi connectivity index (χ3n) is 15.3. The number of esters is 1. The molecule has 1 saturated heterocycles. The topological polar surface area (TPSA) is 35.5 Å². The molecule has 42 heavy (non-hydrogen) atoms. The molecule has 0 amide bonds. The van der Waals surface area contributed by atoms with Gasteiger partial charge in [-0.1, -0.05) is 78.8 Å². The van der Waals surface area contributed by atoms with Gasteiger partial charge in [-0.15, -0.1) is 0 Å². The van der Waals surface area contributed by atoms with Gasteiger partial charge in [0, 0.05) is 11.5 Å². The third kappa shape index (κ3) is 3.96. The number of carbonyl (C=O) groups excluding carboxylic acids is 1. The lowest BCUT2D eigenvalue weighted by Crippen LogP contribution is -2.67. The van der Waals surface area contributed by atoms with Crippen LogP contribution in [0.15, 0.2) is 36.4 Å². The van der Waals surface area contributed by atoms with E-state index in [4.69, 9.17) is 9.47 Å². The molecule has 0 unspecified atom stereocenters. The molecule has 230 valence electrons. The largest absolute Gasteiger partial charge is 0.459 e. The average molecular weight is 573 g/mol. The predicted octanol–water partition coefficient (Wildman–Crippen LogP) is 9.50. The van der Waals surface area contributed by atoms with Crippen LogP contribution >= 0.6 is 0 Å². The van der Waals surface area contributed by atoms with Crippen LogP contribution in [0.4, 0.5) is 0 Å². The Bertz CT molecular complexity index is 1250. The van der Waals surface area contributed by atoms with Crippen LogP contribution in [0.1, 0.15) is 118 Å². The number of fused-ring (bicyclic) bond motifs is 5. The lowest BCUT2D eigenvalue weighted by atomic mass is 9.32. The number of carbonyl (C=O) groups is 1. The molecule has 1 heterocycles. The van der Waals surface area contributed by atoms with Crippen molar-refractivity contribution in [3.8, 4) is 0 Å². The normalized spacial score (nSPS) is 48.5. The highest BCUT2D eigenvalue weighted by molar-refractivity contribution is 5.87. The molecular weight excluding hydrogens is 516 g/mol. The number of ether oxygens (including phenoxy) is 2. The van der Waals surface area contributed by atoms with E-state index >= 15 is 0 Å². The second-order valence-electron chi connectivity index (χ2n) is 17.9. The van der Waals surface area contributed by atoms with Crippen LogP contribution in [-0.4, -0.2) is 24.8 Å². The molecule has 3 nitrogen and oxygen atoms in total. The molecule has 0 aromatic heterocycles. The molecule has 5 aliphatic carbocycles. The fourth-order valence-corrected chi connectivity index (χ4v) is 13.4. The van der Waals surface area contributed by atoms with Gasteiger partial charge in [-0.05, 0) is 127 Å². The van der Waals surface area contributed by atoms with Crippen molar-refractivity contribution in [2.24, 2.45) is 56.2 Å². The van der Waals surface area contributed by atoms with E-state index < -0.39 is 0 Å². The van der Waals surface area contributed by atoms with Gasteiger partial charge in [0.15, 0.2) is 0 Å². The van der Waals surface area contributed by atoms with Crippen LogP contribution in [0, 0.1) is 56.2 Å². The quantitative estimate of drug-likeness (QED) is 0.267. The Morgan fingerprint density at radius 3 is 2.14 bits per heavy atom. The number of benzene rings is 1. The van der Waals surface area contributed by atoms with Gasteiger partial charge in [0.05, 0.1) is 12.7 Å². The first-order chi connectivity index (χ1) is 19.8. The van der Waals surface area contributed by atoms with Gasteiger partial charge >= 0.3 is 5.97 Å². The zero-order valence-electron chi connectivity index (χ0n) is 27.5. The molecule has 0 radical (unpaired) electrons. The lowest BCUT2D eigenvalue weighted by molar-refractivity contribution is -0.246. The zero-order valence-corrected chi connectivity index (χ0v) is 27.5. The number of hydrogen-bond acceptors (Lipinski definition) is 3. The summed E-state index contributed by atoms with van der Waals surface area (Å²) in [7, 11) is 0. The fourth-order valence-electron chi connectivity index (χ4n) is 13.4. The van der Waals surface area contributed by atoms with Gasteiger partial charge in [0.25, 0.3) is 0 Å². The van der Waals surface area contributed by atoms with E-state index in [2.05, 4.69) is 48.5 Å².